The summed E-state index contributed by atoms with van der Waals surface area (Å²) in [7, 11) is 0. The fraction of sp³-hybridized carbons (Fsp3) is 0.357. The van der Waals surface area contributed by atoms with Gasteiger partial charge in [0.2, 0.25) is 0 Å². The summed E-state index contributed by atoms with van der Waals surface area (Å²) in [4.78, 5) is 0. The first kappa shape index (κ1) is 12.5. The van der Waals surface area contributed by atoms with Crippen molar-refractivity contribution >= 4 is 5.57 Å². The van der Waals surface area contributed by atoms with Gasteiger partial charge in [0.25, 0.3) is 0 Å². The number of aromatic nitrogens is 1. The number of nitrogens with zero attached hydrogens (tertiary/aromatic N) is 1. The lowest BCUT2D eigenvalue weighted by molar-refractivity contribution is -0.693. The van der Waals surface area contributed by atoms with Crippen LogP contribution in [0.4, 0.5) is 0 Å². The van der Waals surface area contributed by atoms with Gasteiger partial charge < -0.3 is 5.32 Å². The van der Waals surface area contributed by atoms with Gasteiger partial charge in [-0.25, -0.2) is 4.57 Å². The van der Waals surface area contributed by atoms with Gasteiger partial charge in [-0.3, -0.25) is 0 Å². The van der Waals surface area contributed by atoms with Gasteiger partial charge in [0.05, 0.1) is 0 Å². The van der Waals surface area contributed by atoms with Gasteiger partial charge in [-0.2, -0.15) is 0 Å². The number of rotatable bonds is 5. The molecule has 86 valence electrons. The van der Waals surface area contributed by atoms with Crippen molar-refractivity contribution < 1.29 is 4.57 Å². The molecule has 16 heavy (non-hydrogen) atoms. The van der Waals surface area contributed by atoms with E-state index in [4.69, 9.17) is 0 Å². The first-order valence-corrected chi connectivity index (χ1v) is 5.87. The zero-order valence-electron chi connectivity index (χ0n) is 10.4. The number of hydrogen-bond acceptors (Lipinski definition) is 1. The molecule has 1 aromatic heterocycles. The lowest BCUT2D eigenvalue weighted by atomic mass is 10.1. The molecule has 0 atom stereocenters. The molecule has 1 N–H and O–H groups in total. The first-order valence-electron chi connectivity index (χ1n) is 5.87. The molecule has 0 fully saturated rings. The van der Waals surface area contributed by atoms with Crippen molar-refractivity contribution in [3.05, 3.63) is 48.4 Å². The van der Waals surface area contributed by atoms with E-state index in [9.17, 15) is 0 Å². The zero-order chi connectivity index (χ0) is 11.8. The summed E-state index contributed by atoms with van der Waals surface area (Å²) in [6, 6.07) is 4.30. The fourth-order valence-corrected chi connectivity index (χ4v) is 1.49. The zero-order valence-corrected chi connectivity index (χ0v) is 10.4. The fourth-order valence-electron chi connectivity index (χ4n) is 1.49. The Morgan fingerprint density at radius 2 is 2.00 bits per heavy atom. The van der Waals surface area contributed by atoms with Crippen LogP contribution in [0.5, 0.6) is 0 Å². The standard InChI is InChI=1S/C14H21N2/c1-4-13(7-10-15-5-2)14-8-11-16(6-3)12-9-14/h4,7-12,15H,5-6H2,1-3H3/q+1/b10-7-,13-4+. The second-order valence-corrected chi connectivity index (χ2v) is 3.55. The van der Waals surface area contributed by atoms with Gasteiger partial charge in [-0.1, -0.05) is 6.08 Å². The molecule has 0 radical (unpaired) electrons. The maximum absolute atomic E-state index is 3.18. The van der Waals surface area contributed by atoms with Crippen molar-refractivity contribution in [2.45, 2.75) is 27.3 Å². The van der Waals surface area contributed by atoms with E-state index in [1.807, 2.05) is 6.20 Å². The van der Waals surface area contributed by atoms with Crippen molar-refractivity contribution in [2.75, 3.05) is 6.54 Å². The van der Waals surface area contributed by atoms with E-state index in [1.54, 1.807) is 0 Å². The number of hydrogen-bond donors (Lipinski definition) is 1. The number of pyridine rings is 1. The summed E-state index contributed by atoms with van der Waals surface area (Å²) in [5.41, 5.74) is 2.49. The highest BCUT2D eigenvalue weighted by Gasteiger charge is 2.00. The largest absolute Gasteiger partial charge is 0.391 e. The minimum Gasteiger partial charge on any atom is -0.391 e. The molecule has 0 bridgehead atoms. The van der Waals surface area contributed by atoms with E-state index in [0.717, 1.165) is 13.1 Å². The molecule has 0 amide bonds. The van der Waals surface area contributed by atoms with Gasteiger partial charge >= 0.3 is 0 Å². The lowest BCUT2D eigenvalue weighted by Crippen LogP contribution is -2.30. The van der Waals surface area contributed by atoms with E-state index < -0.39 is 0 Å². The molecule has 0 spiro atoms. The minimum absolute atomic E-state index is 0.956. The highest BCUT2D eigenvalue weighted by atomic mass is 14.9. The molecule has 1 rings (SSSR count). The summed E-state index contributed by atoms with van der Waals surface area (Å²) in [6.45, 7) is 8.26. The predicted octanol–water partition coefficient (Wildman–Crippen LogP) is 2.52. The van der Waals surface area contributed by atoms with E-state index in [2.05, 4.69) is 67.3 Å². The van der Waals surface area contributed by atoms with Crippen LogP contribution in [-0.4, -0.2) is 6.54 Å². The van der Waals surface area contributed by atoms with Crippen molar-refractivity contribution in [3.8, 4) is 0 Å². The van der Waals surface area contributed by atoms with Crippen LogP contribution in [0.25, 0.3) is 5.57 Å². The highest BCUT2D eigenvalue weighted by Crippen LogP contribution is 2.13. The Labute approximate surface area is 98.3 Å². The van der Waals surface area contributed by atoms with E-state index >= 15 is 0 Å². The van der Waals surface area contributed by atoms with Gasteiger partial charge in [0.1, 0.15) is 6.54 Å². The Hall–Kier alpha value is -1.57. The third-order valence-electron chi connectivity index (χ3n) is 2.49. The smallest absolute Gasteiger partial charge is 0.169 e. The van der Waals surface area contributed by atoms with Gasteiger partial charge in [-0.15, -0.1) is 0 Å². The monoisotopic (exact) mass is 217 g/mol. The van der Waals surface area contributed by atoms with Crippen molar-refractivity contribution in [3.63, 3.8) is 0 Å². The van der Waals surface area contributed by atoms with Gasteiger partial charge in [0, 0.05) is 18.7 Å². The predicted molar refractivity (Wildman–Crippen MR) is 68.8 cm³/mol. The Morgan fingerprint density at radius 1 is 1.31 bits per heavy atom. The van der Waals surface area contributed by atoms with Gasteiger partial charge in [0.15, 0.2) is 12.4 Å². The Bertz CT molecular complexity index is 361. The molecule has 2 nitrogen and oxygen atoms in total. The maximum atomic E-state index is 3.18. The average molecular weight is 217 g/mol. The SMILES string of the molecule is C/C=C(\C=C/NCC)c1cc[n+](CC)cc1. The topological polar surface area (TPSA) is 15.9 Å². The highest BCUT2D eigenvalue weighted by molar-refractivity contribution is 5.73. The second kappa shape index (κ2) is 6.83. The molecule has 0 aliphatic heterocycles. The number of aryl methyl sites for hydroxylation is 1. The van der Waals surface area contributed by atoms with Gasteiger partial charge in [-0.05, 0) is 44.2 Å². The summed E-state index contributed by atoms with van der Waals surface area (Å²) < 4.78 is 2.16. The molecular formula is C14H21N2+. The van der Waals surface area contributed by atoms with Crippen LogP contribution in [0.2, 0.25) is 0 Å². The van der Waals surface area contributed by atoms with Crippen LogP contribution in [0, 0.1) is 0 Å². The molecule has 2 heteroatoms. The number of nitrogens with one attached hydrogen (secondary N) is 1. The summed E-state index contributed by atoms with van der Waals surface area (Å²) in [6.07, 6.45) is 10.4. The summed E-state index contributed by atoms with van der Waals surface area (Å²) in [5, 5.41) is 3.18. The van der Waals surface area contributed by atoms with Crippen LogP contribution >= 0.6 is 0 Å². The van der Waals surface area contributed by atoms with Crippen LogP contribution in [-0.2, 0) is 6.54 Å². The van der Waals surface area contributed by atoms with Crippen LogP contribution in [0.3, 0.4) is 0 Å². The molecule has 1 heterocycles. The molecule has 1 aromatic rings. The van der Waals surface area contributed by atoms with Crippen molar-refractivity contribution in [1.82, 2.24) is 5.32 Å². The maximum Gasteiger partial charge on any atom is 0.169 e. The quantitative estimate of drug-likeness (QED) is 0.592. The molecule has 0 aliphatic rings. The third-order valence-corrected chi connectivity index (χ3v) is 2.49. The van der Waals surface area contributed by atoms with E-state index in [-0.39, 0.29) is 0 Å². The Balaban J connectivity index is 2.80. The Kier molecular flexibility index (Phi) is 5.34. The van der Waals surface area contributed by atoms with Crippen LogP contribution < -0.4 is 9.88 Å². The van der Waals surface area contributed by atoms with Crippen LogP contribution in [0.1, 0.15) is 26.3 Å². The number of allylic oxidation sites excluding steroid dienone is 3. The van der Waals surface area contributed by atoms with Crippen LogP contribution in [0.15, 0.2) is 42.9 Å². The summed E-state index contributed by atoms with van der Waals surface area (Å²) in [5.74, 6) is 0. The van der Waals surface area contributed by atoms with E-state index in [1.165, 1.54) is 11.1 Å². The molecular weight excluding hydrogens is 196 g/mol. The second-order valence-electron chi connectivity index (χ2n) is 3.55. The minimum atomic E-state index is 0.956. The third kappa shape index (κ3) is 3.54. The molecule has 0 aromatic carbocycles. The molecule has 0 aliphatic carbocycles. The Morgan fingerprint density at radius 3 is 2.50 bits per heavy atom. The molecule has 0 saturated heterocycles. The first-order chi connectivity index (χ1) is 7.81. The molecule has 0 saturated carbocycles. The average Bonchev–Trinajstić information content (AvgIpc) is 2.35. The van der Waals surface area contributed by atoms with Crippen molar-refractivity contribution in [1.29, 1.82) is 0 Å². The van der Waals surface area contributed by atoms with E-state index in [0.29, 0.717) is 0 Å². The molecule has 0 unspecified atom stereocenters. The summed E-state index contributed by atoms with van der Waals surface area (Å²) >= 11 is 0. The lowest BCUT2D eigenvalue weighted by Gasteiger charge is -2.01. The van der Waals surface area contributed by atoms with Crippen molar-refractivity contribution in [2.24, 2.45) is 0 Å². The normalized spacial score (nSPS) is 12.1.